The molecule has 8 heteroatoms. The number of piperidine rings is 1. The number of aromatic amines is 1. The number of hydrogen-bond donors (Lipinski definition) is 1. The van der Waals surface area contributed by atoms with E-state index in [1.165, 1.54) is 18.3 Å². The maximum absolute atomic E-state index is 12.4. The average molecular weight is 335 g/mol. The number of pyridine rings is 1. The van der Waals surface area contributed by atoms with Crippen molar-refractivity contribution in [1.29, 1.82) is 0 Å². The third-order valence-electron chi connectivity index (χ3n) is 3.59. The van der Waals surface area contributed by atoms with Gasteiger partial charge in [0.05, 0.1) is 6.54 Å². The Morgan fingerprint density at radius 2 is 2.26 bits per heavy atom. The van der Waals surface area contributed by atoms with Crippen molar-refractivity contribution >= 4 is 17.5 Å². The molecule has 0 bridgehead atoms. The maximum atomic E-state index is 12.4. The lowest BCUT2D eigenvalue weighted by Gasteiger charge is -2.32. The van der Waals surface area contributed by atoms with Gasteiger partial charge in [0.25, 0.3) is 11.5 Å². The topological polar surface area (TPSA) is 88.2 Å². The quantitative estimate of drug-likeness (QED) is 0.919. The van der Waals surface area contributed by atoms with E-state index in [4.69, 9.17) is 16.3 Å². The number of hydrogen-bond acceptors (Lipinski definition) is 5. The summed E-state index contributed by atoms with van der Waals surface area (Å²) in [5, 5.41) is 6.49. The third-order valence-corrected chi connectivity index (χ3v) is 3.88. The van der Waals surface area contributed by atoms with Crippen LogP contribution in [0.5, 0.6) is 5.75 Å². The lowest BCUT2D eigenvalue weighted by molar-refractivity contribution is 0.0531. The van der Waals surface area contributed by atoms with E-state index in [1.807, 2.05) is 0 Å². The summed E-state index contributed by atoms with van der Waals surface area (Å²) in [4.78, 5) is 29.0. The van der Waals surface area contributed by atoms with Crippen molar-refractivity contribution in [1.82, 2.24) is 20.1 Å². The summed E-state index contributed by atoms with van der Waals surface area (Å²) < 4.78 is 5.88. The zero-order valence-electron chi connectivity index (χ0n) is 12.2. The van der Waals surface area contributed by atoms with Crippen molar-refractivity contribution in [3.63, 3.8) is 0 Å². The molecule has 1 amide bonds. The summed E-state index contributed by atoms with van der Waals surface area (Å²) >= 11 is 6.04. The van der Waals surface area contributed by atoms with Crippen molar-refractivity contribution in [2.45, 2.75) is 18.9 Å². The fourth-order valence-corrected chi connectivity index (χ4v) is 2.65. The second-order valence-corrected chi connectivity index (χ2v) is 5.65. The molecule has 1 N–H and O–H groups in total. The monoisotopic (exact) mass is 334 g/mol. The number of carbonyl (C=O) groups is 1. The van der Waals surface area contributed by atoms with Crippen molar-refractivity contribution < 1.29 is 9.53 Å². The van der Waals surface area contributed by atoms with Crippen LogP contribution in [-0.4, -0.2) is 45.2 Å². The van der Waals surface area contributed by atoms with Crippen molar-refractivity contribution in [2.75, 3.05) is 13.1 Å². The molecular weight excluding hydrogens is 320 g/mol. The van der Waals surface area contributed by atoms with E-state index in [0.29, 0.717) is 23.9 Å². The van der Waals surface area contributed by atoms with Crippen LogP contribution < -0.4 is 10.3 Å². The molecule has 3 rings (SSSR count). The van der Waals surface area contributed by atoms with Crippen LogP contribution in [0.2, 0.25) is 5.02 Å². The van der Waals surface area contributed by atoms with Crippen molar-refractivity contribution in [3.8, 4) is 5.75 Å². The summed E-state index contributed by atoms with van der Waals surface area (Å²) in [6.07, 6.45) is 4.64. The van der Waals surface area contributed by atoms with Gasteiger partial charge in [-0.25, -0.2) is 5.10 Å². The standard InChI is InChI=1S/C15H15ClN4O3/c16-11-8-17-6-5-13(11)23-10-2-1-7-20(9-10)15(22)12-3-4-14(21)19-18-12/h3-6,8,10H,1-2,7,9H2,(H,19,21)/t10-/m1/s1. The molecular formula is C15H15ClN4O3. The Balaban J connectivity index is 1.68. The first-order chi connectivity index (χ1) is 11.1. The van der Waals surface area contributed by atoms with Crippen molar-refractivity contribution in [3.05, 3.63) is 51.7 Å². The number of H-pyrrole nitrogens is 1. The highest BCUT2D eigenvalue weighted by molar-refractivity contribution is 6.31. The molecule has 0 unspecified atom stereocenters. The second-order valence-electron chi connectivity index (χ2n) is 5.25. The summed E-state index contributed by atoms with van der Waals surface area (Å²) in [5.41, 5.74) is -0.124. The maximum Gasteiger partial charge on any atom is 0.274 e. The molecule has 7 nitrogen and oxygen atoms in total. The first kappa shape index (κ1) is 15.5. The number of halogens is 1. The number of amides is 1. The van der Waals surface area contributed by atoms with Crippen LogP contribution in [0.15, 0.2) is 35.4 Å². The van der Waals surface area contributed by atoms with Crippen LogP contribution in [-0.2, 0) is 0 Å². The van der Waals surface area contributed by atoms with Crippen LogP contribution in [0.3, 0.4) is 0 Å². The highest BCUT2D eigenvalue weighted by atomic mass is 35.5. The lowest BCUT2D eigenvalue weighted by Crippen LogP contribution is -2.44. The Kier molecular flexibility index (Phi) is 4.57. The molecule has 1 fully saturated rings. The number of ether oxygens (including phenoxy) is 1. The van der Waals surface area contributed by atoms with Gasteiger partial charge in [-0.3, -0.25) is 14.6 Å². The number of aromatic nitrogens is 3. The normalized spacial score (nSPS) is 17.8. The van der Waals surface area contributed by atoms with Crippen LogP contribution >= 0.6 is 11.6 Å². The van der Waals surface area contributed by atoms with Crippen LogP contribution in [0.25, 0.3) is 0 Å². The molecule has 0 aliphatic carbocycles. The number of nitrogens with zero attached hydrogens (tertiary/aromatic N) is 3. The Hall–Kier alpha value is -2.41. The number of likely N-dealkylation sites (tertiary alicyclic amines) is 1. The molecule has 2 aromatic rings. The predicted octanol–water partition coefficient (Wildman–Crippen LogP) is 1.50. The molecule has 0 saturated carbocycles. The Labute approximate surface area is 137 Å². The van der Waals surface area contributed by atoms with Gasteiger partial charge in [0.15, 0.2) is 0 Å². The fraction of sp³-hybridized carbons (Fsp3) is 0.333. The minimum absolute atomic E-state index is 0.143. The number of carbonyl (C=O) groups excluding carboxylic acids is 1. The van der Waals surface area contributed by atoms with Gasteiger partial charge in [0.2, 0.25) is 0 Å². The average Bonchev–Trinajstić information content (AvgIpc) is 2.57. The Bertz CT molecular complexity index is 744. The second kappa shape index (κ2) is 6.78. The number of nitrogens with one attached hydrogen (secondary N) is 1. The molecule has 2 aromatic heterocycles. The molecule has 1 aliphatic heterocycles. The fourth-order valence-electron chi connectivity index (χ4n) is 2.48. The molecule has 3 heterocycles. The summed E-state index contributed by atoms with van der Waals surface area (Å²) in [5.74, 6) is 0.332. The summed E-state index contributed by atoms with van der Waals surface area (Å²) in [7, 11) is 0. The van der Waals surface area contributed by atoms with Gasteiger partial charge in [-0.2, -0.15) is 5.10 Å². The van der Waals surface area contributed by atoms with E-state index in [-0.39, 0.29) is 23.3 Å². The zero-order valence-corrected chi connectivity index (χ0v) is 13.0. The minimum Gasteiger partial charge on any atom is -0.487 e. The smallest absolute Gasteiger partial charge is 0.274 e. The minimum atomic E-state index is -0.339. The van der Waals surface area contributed by atoms with Gasteiger partial charge in [-0.05, 0) is 18.9 Å². The predicted molar refractivity (Wildman–Crippen MR) is 83.7 cm³/mol. The third kappa shape index (κ3) is 3.68. The van der Waals surface area contributed by atoms with Gasteiger partial charge < -0.3 is 9.64 Å². The van der Waals surface area contributed by atoms with Gasteiger partial charge >= 0.3 is 0 Å². The largest absolute Gasteiger partial charge is 0.487 e. The van der Waals surface area contributed by atoms with E-state index >= 15 is 0 Å². The van der Waals surface area contributed by atoms with Crippen molar-refractivity contribution in [2.24, 2.45) is 0 Å². The van der Waals surface area contributed by atoms with E-state index in [1.54, 1.807) is 17.2 Å². The van der Waals surface area contributed by atoms with E-state index in [9.17, 15) is 9.59 Å². The Morgan fingerprint density at radius 3 is 3.00 bits per heavy atom. The zero-order chi connectivity index (χ0) is 16.2. The molecule has 0 spiro atoms. The first-order valence-electron chi connectivity index (χ1n) is 7.24. The van der Waals surface area contributed by atoms with Crippen LogP contribution in [0.1, 0.15) is 23.3 Å². The summed E-state index contributed by atoms with van der Waals surface area (Å²) in [6, 6.07) is 4.41. The molecule has 0 radical (unpaired) electrons. The van der Waals surface area contributed by atoms with Crippen LogP contribution in [0.4, 0.5) is 0 Å². The highest BCUT2D eigenvalue weighted by Crippen LogP contribution is 2.25. The number of rotatable bonds is 3. The molecule has 23 heavy (non-hydrogen) atoms. The molecule has 0 aromatic carbocycles. The van der Waals surface area contributed by atoms with E-state index in [0.717, 1.165) is 12.8 Å². The Morgan fingerprint density at radius 1 is 1.39 bits per heavy atom. The van der Waals surface area contributed by atoms with Gasteiger partial charge in [-0.15, -0.1) is 0 Å². The van der Waals surface area contributed by atoms with Crippen LogP contribution in [0, 0.1) is 0 Å². The lowest BCUT2D eigenvalue weighted by atomic mass is 10.1. The molecule has 1 atom stereocenters. The van der Waals surface area contributed by atoms with Gasteiger partial charge in [-0.1, -0.05) is 11.6 Å². The molecule has 1 saturated heterocycles. The van der Waals surface area contributed by atoms with E-state index in [2.05, 4.69) is 15.2 Å². The van der Waals surface area contributed by atoms with E-state index < -0.39 is 0 Å². The highest BCUT2D eigenvalue weighted by Gasteiger charge is 2.26. The molecule has 1 aliphatic rings. The summed E-state index contributed by atoms with van der Waals surface area (Å²) in [6.45, 7) is 1.07. The first-order valence-corrected chi connectivity index (χ1v) is 7.62. The van der Waals surface area contributed by atoms with Gasteiger partial charge in [0, 0.05) is 31.1 Å². The van der Waals surface area contributed by atoms with Gasteiger partial charge in [0.1, 0.15) is 22.6 Å². The SMILES string of the molecule is O=C(c1ccc(=O)[nH]n1)N1CCC[C@@H](Oc2ccncc2Cl)C1. The molecule has 120 valence electrons.